The average molecular weight is 706 g/mol. The molecule has 0 aliphatic carbocycles. The normalized spacial score (nSPS) is 12.2. The standard InChI is InChI=1S/C30H39Br2N5O3Si/c1-30(2,3)40-29(38)36-28-34-22-15-16-33-25(24(22)35-28)26-23(31)21(14-10-13-20-11-8-7-9-12-20)27(32)37(26)19-39-17-18-41(4,5)6/h7-9,11-12,15-16H,10,13-14,17-19H2,1-6H3,(H2,34,35,36,38). The highest BCUT2D eigenvalue weighted by molar-refractivity contribution is 9.11. The molecule has 4 rings (SSSR count). The third-order valence-electron chi connectivity index (χ3n) is 6.43. The summed E-state index contributed by atoms with van der Waals surface area (Å²) in [6.45, 7) is 13.6. The van der Waals surface area contributed by atoms with Gasteiger partial charge < -0.3 is 19.0 Å². The Bertz CT molecular complexity index is 1490. The second kappa shape index (κ2) is 13.2. The van der Waals surface area contributed by atoms with Crippen LogP contribution in [0.2, 0.25) is 25.7 Å². The fourth-order valence-corrected chi connectivity index (χ4v) is 6.88. The first-order valence-corrected chi connectivity index (χ1v) is 19.1. The van der Waals surface area contributed by atoms with Crippen LogP contribution in [-0.4, -0.2) is 45.9 Å². The van der Waals surface area contributed by atoms with E-state index in [1.165, 1.54) is 5.56 Å². The smallest absolute Gasteiger partial charge is 0.414 e. The molecule has 0 radical (unpaired) electrons. The lowest BCUT2D eigenvalue weighted by Gasteiger charge is -2.18. The third-order valence-corrected chi connectivity index (χ3v) is 9.89. The molecule has 3 aromatic heterocycles. The molecule has 0 fully saturated rings. The molecule has 0 bridgehead atoms. The summed E-state index contributed by atoms with van der Waals surface area (Å²) in [5, 5.41) is 2.71. The molecule has 11 heteroatoms. The number of halogens is 2. The Hall–Kier alpha value is -2.47. The summed E-state index contributed by atoms with van der Waals surface area (Å²) in [6, 6.07) is 13.5. The van der Waals surface area contributed by atoms with Crippen LogP contribution >= 0.6 is 31.9 Å². The number of imidazole rings is 1. The van der Waals surface area contributed by atoms with Gasteiger partial charge in [-0.2, -0.15) is 0 Å². The van der Waals surface area contributed by atoms with Crippen molar-refractivity contribution in [3.05, 3.63) is 62.8 Å². The van der Waals surface area contributed by atoms with Crippen molar-refractivity contribution >= 4 is 63.0 Å². The van der Waals surface area contributed by atoms with Gasteiger partial charge in [0, 0.05) is 25.4 Å². The number of carbonyl (C=O) groups excluding carboxylic acids is 1. The van der Waals surface area contributed by atoms with Gasteiger partial charge in [-0.25, -0.2) is 9.78 Å². The summed E-state index contributed by atoms with van der Waals surface area (Å²) >= 11 is 7.81. The van der Waals surface area contributed by atoms with Crippen molar-refractivity contribution in [1.29, 1.82) is 0 Å². The molecule has 220 valence electrons. The number of ether oxygens (including phenoxy) is 2. The van der Waals surface area contributed by atoms with E-state index in [-0.39, 0.29) is 0 Å². The highest BCUT2D eigenvalue weighted by Crippen LogP contribution is 2.41. The van der Waals surface area contributed by atoms with E-state index in [2.05, 4.69) is 90.6 Å². The molecule has 0 unspecified atom stereocenters. The zero-order chi connectivity index (χ0) is 29.8. The van der Waals surface area contributed by atoms with Crippen LogP contribution in [0.1, 0.15) is 38.3 Å². The summed E-state index contributed by atoms with van der Waals surface area (Å²) in [7, 11) is -1.23. The van der Waals surface area contributed by atoms with E-state index in [1.807, 2.05) is 32.9 Å². The Morgan fingerprint density at radius 1 is 1.10 bits per heavy atom. The number of nitrogens with zero attached hydrogens (tertiary/aromatic N) is 3. The maximum Gasteiger partial charge on any atom is 0.414 e. The lowest BCUT2D eigenvalue weighted by atomic mass is 10.1. The minimum atomic E-state index is -1.23. The first kappa shape index (κ1) is 31.5. The van der Waals surface area contributed by atoms with Gasteiger partial charge in [-0.15, -0.1) is 0 Å². The molecule has 4 aromatic rings. The van der Waals surface area contributed by atoms with Crippen molar-refractivity contribution in [2.45, 2.75) is 78.1 Å². The molecule has 0 aliphatic heterocycles. The van der Waals surface area contributed by atoms with Crippen LogP contribution in [0.4, 0.5) is 10.7 Å². The van der Waals surface area contributed by atoms with Gasteiger partial charge in [-0.1, -0.05) is 50.0 Å². The molecule has 0 spiro atoms. The van der Waals surface area contributed by atoms with Crippen LogP contribution in [-0.2, 0) is 29.0 Å². The van der Waals surface area contributed by atoms with Gasteiger partial charge in [-0.3, -0.25) is 10.3 Å². The molecule has 0 aliphatic rings. The Morgan fingerprint density at radius 2 is 1.83 bits per heavy atom. The van der Waals surface area contributed by atoms with Gasteiger partial charge in [0.2, 0.25) is 5.95 Å². The zero-order valence-electron chi connectivity index (χ0n) is 24.6. The van der Waals surface area contributed by atoms with Crippen molar-refractivity contribution in [1.82, 2.24) is 19.5 Å². The maximum absolute atomic E-state index is 12.4. The van der Waals surface area contributed by atoms with Crippen molar-refractivity contribution in [2.75, 3.05) is 11.9 Å². The molecular formula is C30H39Br2N5O3Si. The molecule has 3 heterocycles. The van der Waals surface area contributed by atoms with E-state index < -0.39 is 19.8 Å². The van der Waals surface area contributed by atoms with E-state index in [9.17, 15) is 4.79 Å². The van der Waals surface area contributed by atoms with Crippen molar-refractivity contribution < 1.29 is 14.3 Å². The summed E-state index contributed by atoms with van der Waals surface area (Å²) in [6.07, 6.45) is 4.01. The van der Waals surface area contributed by atoms with Crippen molar-refractivity contribution in [2.24, 2.45) is 0 Å². The Balaban J connectivity index is 1.67. The number of carbonyl (C=O) groups is 1. The molecule has 1 amide bonds. The quantitative estimate of drug-likeness (QED) is 0.120. The number of amides is 1. The van der Waals surface area contributed by atoms with Gasteiger partial charge in [0.05, 0.1) is 15.8 Å². The SMILES string of the molecule is CC(C)(C)OC(=O)Nc1nc2c(-c3c(Br)c(CCCc4ccccc4)c(Br)n3COCC[Si](C)(C)C)nccc2[nH]1. The minimum Gasteiger partial charge on any atom is -0.444 e. The number of rotatable bonds is 11. The zero-order valence-corrected chi connectivity index (χ0v) is 28.8. The average Bonchev–Trinajstić information content (AvgIpc) is 3.38. The topological polar surface area (TPSA) is 94.1 Å². The van der Waals surface area contributed by atoms with Crippen LogP contribution in [0.25, 0.3) is 22.4 Å². The fourth-order valence-electron chi connectivity index (χ4n) is 4.40. The predicted octanol–water partition coefficient (Wildman–Crippen LogP) is 8.79. The molecule has 0 atom stereocenters. The first-order valence-electron chi connectivity index (χ1n) is 13.9. The van der Waals surface area contributed by atoms with Gasteiger partial charge in [0.1, 0.15) is 23.5 Å². The van der Waals surface area contributed by atoms with Crippen molar-refractivity contribution in [3.8, 4) is 11.4 Å². The first-order chi connectivity index (χ1) is 19.3. The number of fused-ring (bicyclic) bond motifs is 1. The number of H-pyrrole nitrogens is 1. The predicted molar refractivity (Wildman–Crippen MR) is 175 cm³/mol. The number of hydrogen-bond acceptors (Lipinski definition) is 5. The summed E-state index contributed by atoms with van der Waals surface area (Å²) < 4.78 is 15.6. The molecule has 0 saturated heterocycles. The van der Waals surface area contributed by atoms with Crippen LogP contribution in [0, 0.1) is 0 Å². The highest BCUT2D eigenvalue weighted by atomic mass is 79.9. The van der Waals surface area contributed by atoms with E-state index in [0.717, 1.165) is 51.2 Å². The second-order valence-corrected chi connectivity index (χ2v) is 19.5. The third kappa shape index (κ3) is 8.53. The molecular weight excluding hydrogens is 666 g/mol. The second-order valence-electron chi connectivity index (χ2n) is 12.3. The van der Waals surface area contributed by atoms with Gasteiger partial charge in [0.25, 0.3) is 0 Å². The lowest BCUT2D eigenvalue weighted by Crippen LogP contribution is -2.27. The highest BCUT2D eigenvalue weighted by Gasteiger charge is 2.25. The fraction of sp³-hybridized carbons (Fsp3) is 0.433. The molecule has 1 aromatic carbocycles. The van der Waals surface area contributed by atoms with E-state index >= 15 is 0 Å². The number of aromatic nitrogens is 4. The monoisotopic (exact) mass is 703 g/mol. The molecule has 41 heavy (non-hydrogen) atoms. The Labute approximate surface area is 259 Å². The number of pyridine rings is 1. The van der Waals surface area contributed by atoms with Crippen LogP contribution in [0.5, 0.6) is 0 Å². The van der Waals surface area contributed by atoms with E-state index in [4.69, 9.17) is 19.4 Å². The summed E-state index contributed by atoms with van der Waals surface area (Å²) in [4.78, 5) is 25.0. The Kier molecular flexibility index (Phi) is 10.1. The van der Waals surface area contributed by atoms with Crippen molar-refractivity contribution in [3.63, 3.8) is 0 Å². The molecule has 2 N–H and O–H groups in total. The summed E-state index contributed by atoms with van der Waals surface area (Å²) in [5.41, 5.74) is 4.82. The van der Waals surface area contributed by atoms with Gasteiger partial charge in [-0.05, 0) is 95.1 Å². The van der Waals surface area contributed by atoms with Gasteiger partial charge in [0.15, 0.2) is 0 Å². The number of aryl methyl sites for hydroxylation is 1. The van der Waals surface area contributed by atoms with Crippen LogP contribution in [0.3, 0.4) is 0 Å². The molecule has 8 nitrogen and oxygen atoms in total. The molecule has 0 saturated carbocycles. The summed E-state index contributed by atoms with van der Waals surface area (Å²) in [5.74, 6) is 0.297. The van der Waals surface area contributed by atoms with Crippen LogP contribution < -0.4 is 5.32 Å². The Morgan fingerprint density at radius 3 is 2.51 bits per heavy atom. The van der Waals surface area contributed by atoms with E-state index in [0.29, 0.717) is 30.5 Å². The maximum atomic E-state index is 12.4. The number of anilines is 1. The van der Waals surface area contributed by atoms with Gasteiger partial charge >= 0.3 is 6.09 Å². The largest absolute Gasteiger partial charge is 0.444 e. The number of benzene rings is 1. The minimum absolute atomic E-state index is 0.297. The number of nitrogens with one attached hydrogen (secondary N) is 2. The number of hydrogen-bond donors (Lipinski definition) is 2. The lowest BCUT2D eigenvalue weighted by molar-refractivity contribution is 0.0635. The number of aromatic amines is 1. The van der Waals surface area contributed by atoms with Crippen LogP contribution in [0.15, 0.2) is 51.7 Å². The van der Waals surface area contributed by atoms with E-state index in [1.54, 1.807) is 6.20 Å².